The van der Waals surface area contributed by atoms with Crippen molar-refractivity contribution in [2.24, 2.45) is 5.84 Å². The second kappa shape index (κ2) is 3.54. The molecule has 0 radical (unpaired) electrons. The van der Waals surface area contributed by atoms with Crippen LogP contribution in [0.25, 0.3) is 0 Å². The smallest absolute Gasteiger partial charge is 0.436 e. The zero-order valence-electron chi connectivity index (χ0n) is 6.02. The van der Waals surface area contributed by atoms with Crippen molar-refractivity contribution in [2.45, 2.75) is 13.3 Å². The van der Waals surface area contributed by atoms with Gasteiger partial charge in [0.1, 0.15) is 0 Å². The van der Waals surface area contributed by atoms with E-state index in [4.69, 9.17) is 10.9 Å². The molecule has 0 aliphatic heterocycles. The number of amides is 1. The minimum atomic E-state index is -3.80. The highest BCUT2D eigenvalue weighted by molar-refractivity contribution is 7.89. The van der Waals surface area contributed by atoms with Crippen LogP contribution in [0.1, 0.15) is 13.3 Å². The molecule has 0 unspecified atom stereocenters. The summed E-state index contributed by atoms with van der Waals surface area (Å²) < 4.78 is 21.4. The molecular formula is C4H10N2O4S. The predicted molar refractivity (Wildman–Crippen MR) is 38.1 cm³/mol. The number of hydrazine groups is 1. The Morgan fingerprint density at radius 3 is 2.36 bits per heavy atom. The van der Waals surface area contributed by atoms with Crippen LogP contribution in [0.15, 0.2) is 0 Å². The molecule has 3 N–H and O–H groups in total. The SMILES string of the molecule is CCCS(=O)(=O)N(N)C(=O)O. The van der Waals surface area contributed by atoms with Gasteiger partial charge in [0.15, 0.2) is 0 Å². The molecule has 0 fully saturated rings. The van der Waals surface area contributed by atoms with Gasteiger partial charge in [-0.15, -0.1) is 4.41 Å². The van der Waals surface area contributed by atoms with Gasteiger partial charge in [-0.25, -0.2) is 19.1 Å². The molecule has 0 saturated carbocycles. The summed E-state index contributed by atoms with van der Waals surface area (Å²) in [5.74, 6) is 4.47. The van der Waals surface area contributed by atoms with Gasteiger partial charge in [-0.05, 0) is 6.42 Å². The zero-order valence-corrected chi connectivity index (χ0v) is 6.84. The molecule has 6 nitrogen and oxygen atoms in total. The van der Waals surface area contributed by atoms with Crippen LogP contribution in [-0.4, -0.2) is 29.8 Å². The van der Waals surface area contributed by atoms with E-state index in [1.807, 2.05) is 0 Å². The third-order valence-electron chi connectivity index (χ3n) is 0.950. The van der Waals surface area contributed by atoms with Crippen LogP contribution in [0.5, 0.6) is 0 Å². The van der Waals surface area contributed by atoms with Crippen LogP contribution in [0, 0.1) is 0 Å². The highest BCUT2D eigenvalue weighted by atomic mass is 32.2. The van der Waals surface area contributed by atoms with Crippen molar-refractivity contribution in [1.82, 2.24) is 4.41 Å². The fourth-order valence-electron chi connectivity index (χ4n) is 0.475. The fraction of sp³-hybridized carbons (Fsp3) is 0.750. The van der Waals surface area contributed by atoms with Crippen LogP contribution < -0.4 is 5.84 Å². The van der Waals surface area contributed by atoms with Crippen LogP contribution in [-0.2, 0) is 10.0 Å². The van der Waals surface area contributed by atoms with E-state index in [0.29, 0.717) is 6.42 Å². The Labute approximate surface area is 64.6 Å². The first kappa shape index (κ1) is 10.2. The van der Waals surface area contributed by atoms with E-state index in [9.17, 15) is 13.2 Å². The maximum atomic E-state index is 10.8. The molecule has 0 aliphatic rings. The number of hydrogen-bond acceptors (Lipinski definition) is 4. The van der Waals surface area contributed by atoms with Crippen molar-refractivity contribution < 1.29 is 18.3 Å². The third kappa shape index (κ3) is 2.72. The maximum Gasteiger partial charge on any atom is 0.436 e. The van der Waals surface area contributed by atoms with Gasteiger partial charge in [0, 0.05) is 0 Å². The summed E-state index contributed by atoms with van der Waals surface area (Å²) in [6.07, 6.45) is -1.33. The lowest BCUT2D eigenvalue weighted by molar-refractivity contribution is 0.172. The van der Waals surface area contributed by atoms with E-state index in [1.54, 1.807) is 6.92 Å². The normalized spacial score (nSPS) is 11.1. The molecule has 0 aromatic carbocycles. The van der Waals surface area contributed by atoms with Gasteiger partial charge < -0.3 is 5.11 Å². The van der Waals surface area contributed by atoms with Crippen LogP contribution in [0.3, 0.4) is 0 Å². The van der Waals surface area contributed by atoms with Crippen molar-refractivity contribution >= 4 is 16.1 Å². The van der Waals surface area contributed by atoms with E-state index >= 15 is 0 Å². The average molecular weight is 182 g/mol. The summed E-state index contributed by atoms with van der Waals surface area (Å²) in [5, 5.41) is 8.17. The Bertz CT molecular complexity index is 234. The fourth-order valence-corrected chi connectivity index (χ4v) is 1.43. The van der Waals surface area contributed by atoms with Gasteiger partial charge in [-0.3, -0.25) is 0 Å². The van der Waals surface area contributed by atoms with E-state index in [0.717, 1.165) is 0 Å². The predicted octanol–water partition coefficient (Wildman–Crippen LogP) is -0.420. The molecule has 0 heterocycles. The average Bonchev–Trinajstić information content (AvgIpc) is 1.86. The largest absolute Gasteiger partial charge is 0.463 e. The minimum Gasteiger partial charge on any atom is -0.463 e. The highest BCUT2D eigenvalue weighted by Crippen LogP contribution is 1.96. The van der Waals surface area contributed by atoms with Gasteiger partial charge in [0.25, 0.3) is 10.0 Å². The number of nitrogens with two attached hydrogens (primary N) is 1. The Morgan fingerprint density at radius 2 is 2.09 bits per heavy atom. The monoisotopic (exact) mass is 182 g/mol. The summed E-state index contributed by atoms with van der Waals surface area (Å²) >= 11 is 0. The molecule has 0 rings (SSSR count). The Morgan fingerprint density at radius 1 is 1.64 bits per heavy atom. The van der Waals surface area contributed by atoms with Crippen LogP contribution in [0.2, 0.25) is 0 Å². The number of nitrogens with zero attached hydrogens (tertiary/aromatic N) is 1. The van der Waals surface area contributed by atoms with Crippen molar-refractivity contribution in [3.63, 3.8) is 0 Å². The van der Waals surface area contributed by atoms with Gasteiger partial charge in [-0.1, -0.05) is 6.92 Å². The molecule has 66 valence electrons. The van der Waals surface area contributed by atoms with Crippen LogP contribution >= 0.6 is 0 Å². The third-order valence-corrected chi connectivity index (χ3v) is 2.63. The summed E-state index contributed by atoms with van der Waals surface area (Å²) in [5.41, 5.74) is 0. The number of sulfonamides is 1. The first-order chi connectivity index (χ1) is 4.91. The van der Waals surface area contributed by atoms with E-state index in [-0.39, 0.29) is 10.2 Å². The van der Waals surface area contributed by atoms with E-state index in [1.165, 1.54) is 0 Å². The Balaban J connectivity index is 4.44. The second-order valence-corrected chi connectivity index (χ2v) is 3.86. The van der Waals surface area contributed by atoms with Gasteiger partial charge in [0.05, 0.1) is 5.75 Å². The van der Waals surface area contributed by atoms with E-state index < -0.39 is 16.1 Å². The number of rotatable bonds is 3. The first-order valence-electron chi connectivity index (χ1n) is 2.92. The first-order valence-corrected chi connectivity index (χ1v) is 4.53. The topological polar surface area (TPSA) is 101 Å². The molecule has 0 aromatic rings. The lowest BCUT2D eigenvalue weighted by atomic mass is 10.6. The minimum absolute atomic E-state index is 0.170. The zero-order chi connectivity index (χ0) is 9.07. The van der Waals surface area contributed by atoms with Crippen molar-refractivity contribution in [3.05, 3.63) is 0 Å². The maximum absolute atomic E-state index is 10.8. The second-order valence-electron chi connectivity index (χ2n) is 1.89. The van der Waals surface area contributed by atoms with E-state index in [2.05, 4.69) is 0 Å². The Kier molecular flexibility index (Phi) is 3.27. The lowest BCUT2D eigenvalue weighted by Gasteiger charge is -2.11. The molecule has 7 heteroatoms. The summed E-state index contributed by atoms with van der Waals surface area (Å²) in [6, 6.07) is 0. The summed E-state index contributed by atoms with van der Waals surface area (Å²) in [6.45, 7) is 1.62. The summed E-state index contributed by atoms with van der Waals surface area (Å²) in [4.78, 5) is 10.0. The number of carbonyl (C=O) groups is 1. The molecule has 11 heavy (non-hydrogen) atoms. The molecule has 1 amide bonds. The standard InChI is InChI=1S/C4H10N2O4S/c1-2-3-11(9,10)6(5)4(7)8/h2-3,5H2,1H3,(H,7,8). The van der Waals surface area contributed by atoms with Crippen molar-refractivity contribution in [1.29, 1.82) is 0 Å². The molecule has 0 aliphatic carbocycles. The lowest BCUT2D eigenvalue weighted by Crippen LogP contribution is -2.42. The molecule has 0 spiro atoms. The summed E-state index contributed by atoms with van der Waals surface area (Å²) in [7, 11) is -3.80. The van der Waals surface area contributed by atoms with Crippen molar-refractivity contribution in [2.75, 3.05) is 5.75 Å². The molecular weight excluding hydrogens is 172 g/mol. The molecule has 0 atom stereocenters. The van der Waals surface area contributed by atoms with Gasteiger partial charge in [-0.2, -0.15) is 0 Å². The quantitative estimate of drug-likeness (QED) is 0.350. The molecule has 0 saturated heterocycles. The van der Waals surface area contributed by atoms with Gasteiger partial charge in [0.2, 0.25) is 0 Å². The molecule has 0 aromatic heterocycles. The molecule has 0 bridgehead atoms. The Hall–Kier alpha value is -0.820. The highest BCUT2D eigenvalue weighted by Gasteiger charge is 2.21. The number of hydrogen-bond donors (Lipinski definition) is 2. The number of carboxylic acid groups (broad SMARTS) is 1. The van der Waals surface area contributed by atoms with Crippen LogP contribution in [0.4, 0.5) is 4.79 Å². The van der Waals surface area contributed by atoms with Crippen molar-refractivity contribution in [3.8, 4) is 0 Å². The van der Waals surface area contributed by atoms with Gasteiger partial charge >= 0.3 is 6.09 Å².